The zero-order valence-corrected chi connectivity index (χ0v) is 22.3. The molecule has 0 aromatic heterocycles. The standard InChI is InChI=1S/C27H46O9/c1-17(14-24(30)34-12-10-8-6-5-7-9-11-23(29)33-4)13-21-26(32)27-20(16-35-21)15-22(36-27)25(31)18(2)19(3)28/h14,18-22,25-28,31-32H,5-13,15-16H2,1-4H3/b17-14+/t18-,19+,20-,21+,22+,25-,26-,27-/m1/s1. The minimum atomic E-state index is -0.866. The van der Waals surface area contributed by atoms with Crippen molar-refractivity contribution in [2.45, 2.75) is 115 Å². The number of esters is 2. The Morgan fingerprint density at radius 1 is 1.08 bits per heavy atom. The fraction of sp³-hybridized carbons (Fsp3) is 0.852. The molecular formula is C27H46O9. The molecule has 2 aliphatic rings. The van der Waals surface area contributed by atoms with Crippen molar-refractivity contribution in [3.05, 3.63) is 11.6 Å². The summed E-state index contributed by atoms with van der Waals surface area (Å²) >= 11 is 0. The maximum atomic E-state index is 12.1. The number of aliphatic hydroxyl groups is 3. The molecule has 0 amide bonds. The fourth-order valence-corrected chi connectivity index (χ4v) is 4.88. The second-order valence-electron chi connectivity index (χ2n) is 10.4. The molecule has 208 valence electrons. The molecule has 3 N–H and O–H groups in total. The number of hydrogen-bond acceptors (Lipinski definition) is 9. The molecule has 2 heterocycles. The van der Waals surface area contributed by atoms with Crippen LogP contribution in [0.2, 0.25) is 0 Å². The first-order valence-corrected chi connectivity index (χ1v) is 13.4. The van der Waals surface area contributed by atoms with Crippen molar-refractivity contribution in [2.24, 2.45) is 11.8 Å². The number of aliphatic hydroxyl groups excluding tert-OH is 3. The number of unbranched alkanes of at least 4 members (excludes halogenated alkanes) is 5. The van der Waals surface area contributed by atoms with Gasteiger partial charge in [-0.1, -0.05) is 38.2 Å². The van der Waals surface area contributed by atoms with Crippen LogP contribution in [0.5, 0.6) is 0 Å². The van der Waals surface area contributed by atoms with E-state index in [1.165, 1.54) is 13.2 Å². The van der Waals surface area contributed by atoms with Crippen LogP contribution in [0.25, 0.3) is 0 Å². The predicted octanol–water partition coefficient (Wildman–Crippen LogP) is 2.68. The van der Waals surface area contributed by atoms with Gasteiger partial charge in [0.1, 0.15) is 6.10 Å². The average molecular weight is 515 g/mol. The molecule has 2 fully saturated rings. The molecule has 0 unspecified atom stereocenters. The normalized spacial score (nSPS) is 28.8. The molecular weight excluding hydrogens is 468 g/mol. The highest BCUT2D eigenvalue weighted by atomic mass is 16.6. The lowest BCUT2D eigenvalue weighted by atomic mass is 9.87. The third-order valence-corrected chi connectivity index (χ3v) is 7.39. The summed E-state index contributed by atoms with van der Waals surface area (Å²) in [6.45, 7) is 6.00. The molecule has 0 aromatic rings. The lowest BCUT2D eigenvalue weighted by molar-refractivity contribution is -0.170. The SMILES string of the molecule is COC(=O)CCCCCCCCOC(=O)/C=C(\C)C[C@@H]1OC[C@H]2C[C@@H]([C@H](O)[C@H](C)[C@H](C)O)O[C@H]2[C@@H]1O. The summed E-state index contributed by atoms with van der Waals surface area (Å²) in [4.78, 5) is 23.2. The van der Waals surface area contributed by atoms with E-state index >= 15 is 0 Å². The molecule has 8 atom stereocenters. The van der Waals surface area contributed by atoms with Crippen LogP contribution in [0.1, 0.15) is 78.6 Å². The lowest BCUT2D eigenvalue weighted by Crippen LogP contribution is -2.48. The molecule has 2 rings (SSSR count). The Labute approximate surface area is 215 Å². The third-order valence-electron chi connectivity index (χ3n) is 7.39. The largest absolute Gasteiger partial charge is 0.469 e. The smallest absolute Gasteiger partial charge is 0.330 e. The summed E-state index contributed by atoms with van der Waals surface area (Å²) in [5.41, 5.74) is 0.755. The van der Waals surface area contributed by atoms with Gasteiger partial charge in [0, 0.05) is 24.3 Å². The lowest BCUT2D eigenvalue weighted by Gasteiger charge is -2.36. The number of hydrogen-bond donors (Lipinski definition) is 3. The summed E-state index contributed by atoms with van der Waals surface area (Å²) in [6, 6.07) is 0. The van der Waals surface area contributed by atoms with Gasteiger partial charge in [0.15, 0.2) is 0 Å². The number of carbonyl (C=O) groups excluding carboxylic acids is 2. The van der Waals surface area contributed by atoms with E-state index in [9.17, 15) is 24.9 Å². The molecule has 9 nitrogen and oxygen atoms in total. The van der Waals surface area contributed by atoms with Gasteiger partial charge in [-0.2, -0.15) is 0 Å². The van der Waals surface area contributed by atoms with Gasteiger partial charge >= 0.3 is 11.9 Å². The summed E-state index contributed by atoms with van der Waals surface area (Å²) in [7, 11) is 1.40. The molecule has 0 aromatic carbocycles. The van der Waals surface area contributed by atoms with Crippen LogP contribution >= 0.6 is 0 Å². The summed E-state index contributed by atoms with van der Waals surface area (Å²) in [5, 5.41) is 31.1. The first kappa shape index (κ1) is 30.7. The van der Waals surface area contributed by atoms with Gasteiger partial charge in [-0.15, -0.1) is 0 Å². The maximum absolute atomic E-state index is 12.1. The second kappa shape index (κ2) is 15.7. The van der Waals surface area contributed by atoms with Gasteiger partial charge in [0.2, 0.25) is 0 Å². The molecule has 0 aliphatic carbocycles. The van der Waals surface area contributed by atoms with Crippen molar-refractivity contribution < 1.29 is 43.9 Å². The molecule has 2 saturated heterocycles. The van der Waals surface area contributed by atoms with Crippen LogP contribution in [-0.4, -0.2) is 84.2 Å². The number of rotatable bonds is 15. The Balaban J connectivity index is 1.65. The van der Waals surface area contributed by atoms with E-state index in [-0.39, 0.29) is 17.8 Å². The van der Waals surface area contributed by atoms with Crippen molar-refractivity contribution in [2.75, 3.05) is 20.3 Å². The quantitative estimate of drug-likeness (QED) is 0.171. The van der Waals surface area contributed by atoms with E-state index in [2.05, 4.69) is 4.74 Å². The zero-order valence-electron chi connectivity index (χ0n) is 22.3. The van der Waals surface area contributed by atoms with Crippen molar-refractivity contribution in [1.29, 1.82) is 0 Å². The highest BCUT2D eigenvalue weighted by Crippen LogP contribution is 2.38. The van der Waals surface area contributed by atoms with Crippen molar-refractivity contribution in [1.82, 2.24) is 0 Å². The van der Waals surface area contributed by atoms with E-state index in [4.69, 9.17) is 14.2 Å². The Hall–Kier alpha value is -1.52. The van der Waals surface area contributed by atoms with Crippen molar-refractivity contribution in [3.8, 4) is 0 Å². The van der Waals surface area contributed by atoms with Crippen molar-refractivity contribution in [3.63, 3.8) is 0 Å². The van der Waals surface area contributed by atoms with Gasteiger partial charge in [0.25, 0.3) is 0 Å². The highest BCUT2D eigenvalue weighted by molar-refractivity contribution is 5.82. The van der Waals surface area contributed by atoms with Gasteiger partial charge in [0.05, 0.1) is 50.8 Å². The van der Waals surface area contributed by atoms with E-state index < -0.39 is 42.6 Å². The summed E-state index contributed by atoms with van der Waals surface area (Å²) in [5.74, 6) is -0.920. The highest BCUT2D eigenvalue weighted by Gasteiger charge is 2.48. The van der Waals surface area contributed by atoms with Gasteiger partial charge < -0.3 is 34.3 Å². The third kappa shape index (κ3) is 9.74. The van der Waals surface area contributed by atoms with Crippen LogP contribution in [0.3, 0.4) is 0 Å². The molecule has 9 heteroatoms. The maximum Gasteiger partial charge on any atom is 0.330 e. The molecule has 36 heavy (non-hydrogen) atoms. The monoisotopic (exact) mass is 514 g/mol. The topological polar surface area (TPSA) is 132 Å². The Kier molecular flexibility index (Phi) is 13.4. The molecule has 2 aliphatic heterocycles. The zero-order chi connectivity index (χ0) is 26.7. The number of carbonyl (C=O) groups is 2. The van der Waals surface area contributed by atoms with Crippen LogP contribution in [0, 0.1) is 11.8 Å². The summed E-state index contributed by atoms with van der Waals surface area (Å²) < 4.78 is 21.8. The first-order chi connectivity index (χ1) is 17.1. The minimum Gasteiger partial charge on any atom is -0.469 e. The Bertz CT molecular complexity index is 707. The minimum absolute atomic E-state index is 0.0146. The fourth-order valence-electron chi connectivity index (χ4n) is 4.88. The van der Waals surface area contributed by atoms with Crippen LogP contribution in [-0.2, 0) is 28.5 Å². The molecule has 0 saturated carbocycles. The molecule has 0 radical (unpaired) electrons. The number of methoxy groups -OCH3 is 1. The number of fused-ring (bicyclic) bond motifs is 1. The van der Waals surface area contributed by atoms with Gasteiger partial charge in [-0.25, -0.2) is 4.79 Å². The average Bonchev–Trinajstić information content (AvgIpc) is 3.28. The first-order valence-electron chi connectivity index (χ1n) is 13.4. The van der Waals surface area contributed by atoms with Crippen LogP contribution in [0.15, 0.2) is 11.6 Å². The van der Waals surface area contributed by atoms with E-state index in [1.807, 2.05) is 6.92 Å². The van der Waals surface area contributed by atoms with Gasteiger partial charge in [-0.05, 0) is 39.5 Å². The van der Waals surface area contributed by atoms with E-state index in [0.717, 1.165) is 44.1 Å². The summed E-state index contributed by atoms with van der Waals surface area (Å²) in [6.07, 6.45) is 4.78. The van der Waals surface area contributed by atoms with E-state index in [0.29, 0.717) is 32.5 Å². The van der Waals surface area contributed by atoms with E-state index in [1.54, 1.807) is 13.8 Å². The Morgan fingerprint density at radius 2 is 1.75 bits per heavy atom. The molecule has 0 bridgehead atoms. The van der Waals surface area contributed by atoms with Crippen LogP contribution < -0.4 is 0 Å². The number of ether oxygens (including phenoxy) is 4. The second-order valence-corrected chi connectivity index (χ2v) is 10.4. The predicted molar refractivity (Wildman–Crippen MR) is 133 cm³/mol. The van der Waals surface area contributed by atoms with Crippen molar-refractivity contribution >= 4 is 11.9 Å². The van der Waals surface area contributed by atoms with Crippen LogP contribution in [0.4, 0.5) is 0 Å². The molecule has 0 spiro atoms. The Morgan fingerprint density at radius 3 is 2.42 bits per heavy atom. The van der Waals surface area contributed by atoms with Gasteiger partial charge in [-0.3, -0.25) is 4.79 Å².